The standard InChI is InChI=1S/C31H31N3O6Si.C27H28N2O4Si/c1-32(2)19-8-11-22-25(16-19)41(5,6)26-17-20(33(3)4)9-12-23(26)29(22)24-15-18(7-10-21(24)30(37)38)31(39)40-34-27(35)13-14-28(34)36;1-28(2)17-7-10-21-24(13-17)34(5,6)25-14-18(29(3)4)8-11-22(25)26(21)23-15-19(33-16-30)9-12-20(23)27(31)32/h7-12,15-17H,13-14H2,1-6H3;7-16H,1-6H3. The molecule has 17 heteroatoms. The first-order valence-electron chi connectivity index (χ1n) is 24.3. The van der Waals surface area contributed by atoms with E-state index in [2.05, 4.69) is 72.1 Å². The zero-order valence-corrected chi connectivity index (χ0v) is 46.2. The molecule has 384 valence electrons. The molecule has 9 rings (SSSR count). The molecule has 5 aliphatic rings. The van der Waals surface area contributed by atoms with Crippen molar-refractivity contribution >= 4 is 96.7 Å². The Labute approximate surface area is 438 Å². The van der Waals surface area contributed by atoms with Crippen LogP contribution in [0.25, 0.3) is 11.1 Å². The first-order chi connectivity index (χ1) is 35.4. The van der Waals surface area contributed by atoms with E-state index in [1.807, 2.05) is 102 Å². The second kappa shape index (κ2) is 20.2. The molecular weight excluding hydrogens is 983 g/mol. The van der Waals surface area contributed by atoms with E-state index in [9.17, 15) is 39.0 Å². The maximum absolute atomic E-state index is 13.1. The van der Waals surface area contributed by atoms with Crippen molar-refractivity contribution in [3.05, 3.63) is 170 Å². The summed E-state index contributed by atoms with van der Waals surface area (Å²) in [5.74, 6) is -4.52. The maximum atomic E-state index is 13.1. The molecule has 0 unspecified atom stereocenters. The number of rotatable bonds is 10. The van der Waals surface area contributed by atoms with Crippen LogP contribution in [-0.4, -0.2) is 134 Å². The Hall–Kier alpha value is -8.29. The Morgan fingerprint density at radius 2 is 1.04 bits per heavy atom. The van der Waals surface area contributed by atoms with Gasteiger partial charge in [-0.1, -0.05) is 44.4 Å². The number of hydrogen-bond acceptors (Lipinski definition) is 12. The number of ether oxygens (including phenoxy) is 1. The largest absolute Gasteiger partial charge is 0.545 e. The molecule has 3 aliphatic heterocycles. The van der Waals surface area contributed by atoms with Crippen LogP contribution in [0.3, 0.4) is 0 Å². The third kappa shape index (κ3) is 9.71. The molecule has 1 fully saturated rings. The minimum absolute atomic E-state index is 0.00463. The molecule has 0 atom stereocenters. The lowest BCUT2D eigenvalue weighted by Gasteiger charge is -2.38. The topological polar surface area (TPSA) is 183 Å². The highest BCUT2D eigenvalue weighted by Crippen LogP contribution is 2.45. The van der Waals surface area contributed by atoms with Crippen molar-refractivity contribution in [3.63, 3.8) is 0 Å². The van der Waals surface area contributed by atoms with E-state index in [1.54, 1.807) is 6.07 Å². The summed E-state index contributed by atoms with van der Waals surface area (Å²) in [4.78, 5) is 81.9. The lowest BCUT2D eigenvalue weighted by atomic mass is 9.86. The van der Waals surface area contributed by atoms with Crippen molar-refractivity contribution in [3.8, 4) is 5.75 Å². The van der Waals surface area contributed by atoms with Crippen LogP contribution >= 0.6 is 0 Å². The van der Waals surface area contributed by atoms with Crippen molar-refractivity contribution in [2.45, 2.75) is 39.0 Å². The number of carboxylic acids is 2. The number of allylic oxidation sites excluding steroid dienone is 10. The third-order valence-electron chi connectivity index (χ3n) is 14.4. The molecule has 0 N–H and O–H groups in total. The lowest BCUT2D eigenvalue weighted by Crippen LogP contribution is -2.50. The van der Waals surface area contributed by atoms with Gasteiger partial charge in [-0.05, 0) is 132 Å². The van der Waals surface area contributed by atoms with Gasteiger partial charge >= 0.3 is 5.97 Å². The zero-order chi connectivity index (χ0) is 54.6. The number of hydrogen-bond donors (Lipinski definition) is 0. The van der Waals surface area contributed by atoms with Gasteiger partial charge in [0.25, 0.3) is 18.3 Å². The van der Waals surface area contributed by atoms with Crippen molar-refractivity contribution < 1.29 is 57.7 Å². The number of carbonyl (C=O) groups is 6. The van der Waals surface area contributed by atoms with Gasteiger partial charge in [-0.25, -0.2) is 13.9 Å². The number of aromatic carboxylic acids is 2. The number of hydroxylamine groups is 2. The smallest absolute Gasteiger partial charge is 0.363 e. The minimum Gasteiger partial charge on any atom is -0.545 e. The summed E-state index contributed by atoms with van der Waals surface area (Å²) < 4.78 is 9.18. The second-order valence-electron chi connectivity index (χ2n) is 20.7. The Morgan fingerprint density at radius 3 is 1.45 bits per heavy atom. The van der Waals surface area contributed by atoms with Crippen molar-refractivity contribution in [2.24, 2.45) is 0 Å². The second-order valence-corrected chi connectivity index (χ2v) is 29.4. The average Bonchev–Trinajstić information content (AvgIpc) is 3.71. The van der Waals surface area contributed by atoms with E-state index >= 15 is 0 Å². The van der Waals surface area contributed by atoms with Crippen LogP contribution in [0.2, 0.25) is 26.2 Å². The summed E-state index contributed by atoms with van der Waals surface area (Å²) in [6.07, 6.45) is 12.4. The number of benzene rings is 4. The third-order valence-corrected chi connectivity index (χ3v) is 21.5. The highest BCUT2D eigenvalue weighted by atomic mass is 28.3. The van der Waals surface area contributed by atoms with Gasteiger partial charge in [-0.2, -0.15) is 0 Å². The number of fused-ring (bicyclic) bond motifs is 4. The van der Waals surface area contributed by atoms with E-state index in [-0.39, 0.29) is 35.3 Å². The summed E-state index contributed by atoms with van der Waals surface area (Å²) in [5, 5.41) is 29.7. The molecule has 0 spiro atoms. The predicted molar refractivity (Wildman–Crippen MR) is 291 cm³/mol. The fourth-order valence-corrected chi connectivity index (χ4v) is 16.4. The van der Waals surface area contributed by atoms with Gasteiger partial charge in [0.1, 0.15) is 50.1 Å². The molecule has 15 nitrogen and oxygen atoms in total. The van der Waals surface area contributed by atoms with E-state index in [0.717, 1.165) is 61.0 Å². The monoisotopic (exact) mass is 1040 g/mol. The Kier molecular flexibility index (Phi) is 14.3. The summed E-state index contributed by atoms with van der Waals surface area (Å²) in [7, 11) is 11.5. The molecule has 2 aliphatic carbocycles. The van der Waals surface area contributed by atoms with Crippen LogP contribution < -0.4 is 35.1 Å². The van der Waals surface area contributed by atoms with Gasteiger partial charge in [-0.3, -0.25) is 14.4 Å². The first kappa shape index (κ1) is 53.0. The highest BCUT2D eigenvalue weighted by molar-refractivity contribution is 6.98. The van der Waals surface area contributed by atoms with Crippen LogP contribution in [0.15, 0.2) is 131 Å². The highest BCUT2D eigenvalue weighted by Gasteiger charge is 2.43. The molecule has 0 aromatic heterocycles. The van der Waals surface area contributed by atoms with E-state index in [4.69, 9.17) is 9.57 Å². The Balaban J connectivity index is 0.000000203. The number of amides is 2. The molecule has 3 heterocycles. The van der Waals surface area contributed by atoms with Gasteiger partial charge in [-0.15, -0.1) is 5.06 Å². The molecule has 0 radical (unpaired) electrons. The van der Waals surface area contributed by atoms with Gasteiger partial charge in [0.05, 0.1) is 17.5 Å². The van der Waals surface area contributed by atoms with Gasteiger partial charge in [0.2, 0.25) is 0 Å². The van der Waals surface area contributed by atoms with Crippen LogP contribution in [0, 0.1) is 0 Å². The zero-order valence-electron chi connectivity index (χ0n) is 44.2. The first-order valence-corrected chi connectivity index (χ1v) is 30.3. The predicted octanol–water partition coefficient (Wildman–Crippen LogP) is 3.95. The molecule has 75 heavy (non-hydrogen) atoms. The van der Waals surface area contributed by atoms with E-state index < -0.39 is 45.9 Å². The number of anilines is 2. The summed E-state index contributed by atoms with van der Waals surface area (Å²) in [5.41, 5.74) is 10.2. The summed E-state index contributed by atoms with van der Waals surface area (Å²) >= 11 is 0. The minimum atomic E-state index is -2.29. The molecular formula is C58H59N5O10Si2. The van der Waals surface area contributed by atoms with Gasteiger partial charge in [0, 0.05) is 87.8 Å². The lowest BCUT2D eigenvalue weighted by molar-refractivity contribution is -0.462. The Morgan fingerprint density at radius 1 is 0.600 bits per heavy atom. The van der Waals surface area contributed by atoms with Crippen LogP contribution in [0.1, 0.15) is 66.2 Å². The van der Waals surface area contributed by atoms with Crippen LogP contribution in [0.4, 0.5) is 11.4 Å². The fraction of sp³-hybridized carbons (Fsp3) is 0.241. The summed E-state index contributed by atoms with van der Waals surface area (Å²) in [6, 6.07) is 21.1. The number of imide groups is 1. The molecule has 0 bridgehead atoms. The average molecular weight is 1040 g/mol. The van der Waals surface area contributed by atoms with Crippen molar-refractivity contribution in [2.75, 3.05) is 66.2 Å². The normalized spacial score (nSPS) is 16.6. The van der Waals surface area contributed by atoms with Crippen molar-refractivity contribution in [1.82, 2.24) is 5.06 Å². The van der Waals surface area contributed by atoms with Gasteiger partial charge < -0.3 is 39.2 Å². The van der Waals surface area contributed by atoms with Gasteiger partial charge in [0.15, 0.2) is 11.4 Å². The number of carboxylic acid groups (broad SMARTS) is 2. The molecule has 4 aromatic carbocycles. The van der Waals surface area contributed by atoms with E-state index in [1.165, 1.54) is 40.7 Å². The van der Waals surface area contributed by atoms with Crippen LogP contribution in [-0.2, 0) is 19.2 Å². The molecule has 0 saturated carbocycles. The molecule has 4 aromatic rings. The van der Waals surface area contributed by atoms with Crippen molar-refractivity contribution in [1.29, 1.82) is 0 Å². The molecule has 2 amide bonds. The quantitative estimate of drug-likeness (QED) is 0.0968. The summed E-state index contributed by atoms with van der Waals surface area (Å²) in [6.45, 7) is 9.54. The number of carbonyl (C=O) groups excluding carboxylic acids is 6. The maximum Gasteiger partial charge on any atom is 0.363 e. The SMILES string of the molecule is CN(C)c1ccc2c(c1)[Si](C)(C)C1=CC(=[N+](C)C)C=CC1=C2c1cc(C(=O)ON2C(=O)CCC2=O)ccc1C(=O)[O-].CN(C)c1ccc2c(c1)[Si](C)(C)C1=CC(=[N+](C)C)C=CC1=C2c1cc(OC=O)ccc1C(=O)[O-]. The molecule has 1 saturated heterocycles. The Bertz CT molecular complexity index is 3450. The van der Waals surface area contributed by atoms with E-state index in [0.29, 0.717) is 28.2 Å². The fourth-order valence-electron chi connectivity index (χ4n) is 10.2. The van der Waals surface area contributed by atoms with Crippen LogP contribution in [0.5, 0.6) is 5.75 Å². The number of nitrogens with zero attached hydrogens (tertiary/aromatic N) is 5.